The van der Waals surface area contributed by atoms with E-state index in [1.165, 1.54) is 12.0 Å². The van der Waals surface area contributed by atoms with Crippen molar-refractivity contribution in [3.05, 3.63) is 17.5 Å². The van der Waals surface area contributed by atoms with E-state index in [0.29, 0.717) is 12.3 Å². The Bertz CT molecular complexity index is 442. The van der Waals surface area contributed by atoms with Crippen LogP contribution in [0.15, 0.2) is 6.20 Å². The van der Waals surface area contributed by atoms with E-state index in [1.807, 2.05) is 18.7 Å². The van der Waals surface area contributed by atoms with Crippen molar-refractivity contribution in [2.24, 2.45) is 13.0 Å². The largest absolute Gasteiger partial charge is 0.481 e. The van der Waals surface area contributed by atoms with Crippen molar-refractivity contribution in [2.45, 2.75) is 39.2 Å². The Hall–Kier alpha value is -1.36. The molecule has 2 rings (SSSR count). The van der Waals surface area contributed by atoms with Gasteiger partial charge >= 0.3 is 5.97 Å². The smallest absolute Gasteiger partial charge is 0.303 e. The molecule has 1 aromatic rings. The Morgan fingerprint density at radius 3 is 3.00 bits per heavy atom. The van der Waals surface area contributed by atoms with Crippen LogP contribution in [0.2, 0.25) is 0 Å². The fraction of sp³-hybridized carbons (Fsp3) is 0.714. The van der Waals surface area contributed by atoms with Gasteiger partial charge in [-0.1, -0.05) is 0 Å². The lowest BCUT2D eigenvalue weighted by Gasteiger charge is -2.32. The number of rotatable bonds is 5. The molecule has 1 fully saturated rings. The lowest BCUT2D eigenvalue weighted by Crippen LogP contribution is -2.35. The molecule has 5 nitrogen and oxygen atoms in total. The second-order valence-electron chi connectivity index (χ2n) is 5.59. The van der Waals surface area contributed by atoms with Gasteiger partial charge < -0.3 is 5.11 Å². The minimum atomic E-state index is -0.680. The van der Waals surface area contributed by atoms with Crippen LogP contribution in [0.1, 0.15) is 36.9 Å². The molecule has 0 amide bonds. The molecule has 5 heteroatoms. The van der Waals surface area contributed by atoms with E-state index >= 15 is 0 Å². The van der Waals surface area contributed by atoms with Gasteiger partial charge in [-0.05, 0) is 38.6 Å². The number of piperidine rings is 1. The molecule has 0 aliphatic carbocycles. The fourth-order valence-corrected chi connectivity index (χ4v) is 2.90. The number of carbonyl (C=O) groups is 1. The summed E-state index contributed by atoms with van der Waals surface area (Å²) >= 11 is 0. The summed E-state index contributed by atoms with van der Waals surface area (Å²) in [6.07, 6.45) is 5.51. The molecule has 1 saturated heterocycles. The van der Waals surface area contributed by atoms with Crippen LogP contribution in [0, 0.1) is 12.8 Å². The van der Waals surface area contributed by atoms with Crippen LogP contribution >= 0.6 is 0 Å². The third-order valence-electron chi connectivity index (χ3n) is 3.88. The van der Waals surface area contributed by atoms with E-state index in [9.17, 15) is 4.79 Å². The molecule has 2 heterocycles. The van der Waals surface area contributed by atoms with Crippen molar-refractivity contribution in [2.75, 3.05) is 13.1 Å². The SMILES string of the molecule is Cc1nn(C)cc1CN1CCCC(CCC(=O)O)C1. The Labute approximate surface area is 114 Å². The van der Waals surface area contributed by atoms with Crippen molar-refractivity contribution in [1.29, 1.82) is 0 Å². The molecule has 0 aromatic carbocycles. The van der Waals surface area contributed by atoms with Crippen molar-refractivity contribution in [3.63, 3.8) is 0 Å². The molecule has 1 unspecified atom stereocenters. The molecule has 1 N–H and O–H groups in total. The zero-order valence-corrected chi connectivity index (χ0v) is 11.8. The van der Waals surface area contributed by atoms with Gasteiger partial charge in [-0.2, -0.15) is 5.10 Å². The van der Waals surface area contributed by atoms with Crippen molar-refractivity contribution >= 4 is 5.97 Å². The van der Waals surface area contributed by atoms with Gasteiger partial charge in [0.1, 0.15) is 0 Å². The number of aromatic nitrogens is 2. The summed E-state index contributed by atoms with van der Waals surface area (Å²) < 4.78 is 1.86. The van der Waals surface area contributed by atoms with Gasteiger partial charge in [0.2, 0.25) is 0 Å². The Morgan fingerprint density at radius 1 is 1.58 bits per heavy atom. The van der Waals surface area contributed by atoms with Crippen LogP contribution in [-0.2, 0) is 18.4 Å². The van der Waals surface area contributed by atoms with Gasteiger partial charge in [0.05, 0.1) is 5.69 Å². The summed E-state index contributed by atoms with van der Waals surface area (Å²) in [5.41, 5.74) is 2.37. The fourth-order valence-electron chi connectivity index (χ4n) is 2.90. The number of carboxylic acid groups (broad SMARTS) is 1. The summed E-state index contributed by atoms with van der Waals surface area (Å²) in [5, 5.41) is 13.1. The van der Waals surface area contributed by atoms with Crippen LogP contribution in [0.5, 0.6) is 0 Å². The Morgan fingerprint density at radius 2 is 2.37 bits per heavy atom. The minimum absolute atomic E-state index is 0.296. The first kappa shape index (κ1) is 14.1. The number of aryl methyl sites for hydroxylation is 2. The third-order valence-corrected chi connectivity index (χ3v) is 3.88. The monoisotopic (exact) mass is 265 g/mol. The second-order valence-corrected chi connectivity index (χ2v) is 5.59. The number of likely N-dealkylation sites (tertiary alicyclic amines) is 1. The summed E-state index contributed by atoms with van der Waals surface area (Å²) in [6, 6.07) is 0. The summed E-state index contributed by atoms with van der Waals surface area (Å²) in [7, 11) is 1.95. The van der Waals surface area contributed by atoms with E-state index in [0.717, 1.165) is 38.2 Å². The summed E-state index contributed by atoms with van der Waals surface area (Å²) in [6.45, 7) is 5.10. The molecule has 0 spiro atoms. The number of aliphatic carboxylic acids is 1. The highest BCUT2D eigenvalue weighted by molar-refractivity contribution is 5.66. The third kappa shape index (κ3) is 4.06. The van der Waals surface area contributed by atoms with E-state index in [2.05, 4.69) is 16.2 Å². The lowest BCUT2D eigenvalue weighted by atomic mass is 9.93. The Kier molecular flexibility index (Phi) is 4.58. The lowest BCUT2D eigenvalue weighted by molar-refractivity contribution is -0.137. The second kappa shape index (κ2) is 6.19. The topological polar surface area (TPSA) is 58.4 Å². The zero-order chi connectivity index (χ0) is 13.8. The van der Waals surface area contributed by atoms with Gasteiger partial charge in [0.15, 0.2) is 0 Å². The first-order chi connectivity index (χ1) is 9.04. The van der Waals surface area contributed by atoms with E-state index in [4.69, 9.17) is 5.11 Å². The predicted molar refractivity (Wildman–Crippen MR) is 72.8 cm³/mol. The van der Waals surface area contributed by atoms with Gasteiger partial charge in [0, 0.05) is 38.3 Å². The highest BCUT2D eigenvalue weighted by Gasteiger charge is 2.21. The van der Waals surface area contributed by atoms with Crippen LogP contribution in [0.3, 0.4) is 0 Å². The first-order valence-corrected chi connectivity index (χ1v) is 6.98. The first-order valence-electron chi connectivity index (χ1n) is 6.98. The maximum absolute atomic E-state index is 10.6. The maximum Gasteiger partial charge on any atom is 0.303 e. The van der Waals surface area contributed by atoms with Crippen molar-refractivity contribution in [3.8, 4) is 0 Å². The molecule has 0 saturated carbocycles. The minimum Gasteiger partial charge on any atom is -0.481 e. The van der Waals surface area contributed by atoms with Crippen molar-refractivity contribution in [1.82, 2.24) is 14.7 Å². The quantitative estimate of drug-likeness (QED) is 0.882. The van der Waals surface area contributed by atoms with E-state index < -0.39 is 5.97 Å². The highest BCUT2D eigenvalue weighted by atomic mass is 16.4. The van der Waals surface area contributed by atoms with Gasteiger partial charge in [-0.25, -0.2) is 0 Å². The molecular formula is C14H23N3O2. The van der Waals surface area contributed by atoms with Crippen molar-refractivity contribution < 1.29 is 9.90 Å². The van der Waals surface area contributed by atoms with Gasteiger partial charge in [-0.15, -0.1) is 0 Å². The highest BCUT2D eigenvalue weighted by Crippen LogP contribution is 2.22. The number of carboxylic acids is 1. The standard InChI is InChI=1S/C14H23N3O2/c1-11-13(9-16(2)15-11)10-17-7-3-4-12(8-17)5-6-14(18)19/h9,12H,3-8,10H2,1-2H3,(H,18,19). The van der Waals surface area contributed by atoms with Crippen LogP contribution < -0.4 is 0 Å². The average Bonchev–Trinajstić information content (AvgIpc) is 2.66. The maximum atomic E-state index is 10.6. The number of nitrogens with zero attached hydrogens (tertiary/aromatic N) is 3. The average molecular weight is 265 g/mol. The number of hydrogen-bond donors (Lipinski definition) is 1. The van der Waals surface area contributed by atoms with Gasteiger partial charge in [-0.3, -0.25) is 14.4 Å². The van der Waals surface area contributed by atoms with Crippen LogP contribution in [0.4, 0.5) is 0 Å². The molecule has 106 valence electrons. The number of hydrogen-bond acceptors (Lipinski definition) is 3. The molecule has 1 aliphatic heterocycles. The molecule has 19 heavy (non-hydrogen) atoms. The van der Waals surface area contributed by atoms with Gasteiger partial charge in [0.25, 0.3) is 0 Å². The normalized spacial score (nSPS) is 20.6. The van der Waals surface area contributed by atoms with Crippen LogP contribution in [-0.4, -0.2) is 38.8 Å². The summed E-state index contributed by atoms with van der Waals surface area (Å²) in [5.74, 6) is -0.151. The predicted octanol–water partition coefficient (Wildman–Crippen LogP) is 1.81. The molecule has 1 aromatic heterocycles. The Balaban J connectivity index is 1.87. The van der Waals surface area contributed by atoms with Crippen LogP contribution in [0.25, 0.3) is 0 Å². The molecule has 0 radical (unpaired) electrons. The molecular weight excluding hydrogens is 242 g/mol. The molecule has 1 aliphatic rings. The van der Waals surface area contributed by atoms with E-state index in [1.54, 1.807) is 0 Å². The van der Waals surface area contributed by atoms with E-state index in [-0.39, 0.29) is 0 Å². The molecule has 0 bridgehead atoms. The molecule has 1 atom stereocenters. The summed E-state index contributed by atoms with van der Waals surface area (Å²) in [4.78, 5) is 13.1. The zero-order valence-electron chi connectivity index (χ0n) is 11.8.